The van der Waals surface area contributed by atoms with Gasteiger partial charge in [-0.05, 0) is 35.4 Å². The molecule has 0 aliphatic carbocycles. The molecular weight excluding hydrogens is 333 g/mol. The zero-order valence-corrected chi connectivity index (χ0v) is 11.9. The molecule has 0 aromatic heterocycles. The molecule has 1 unspecified atom stereocenters. The molecule has 0 amide bonds. The molecule has 0 aliphatic rings. The van der Waals surface area contributed by atoms with Gasteiger partial charge in [0.2, 0.25) is 0 Å². The highest BCUT2D eigenvalue weighted by Gasteiger charge is 2.30. The second kappa shape index (κ2) is 5.95. The molecule has 2 rings (SSSR count). The van der Waals surface area contributed by atoms with Crippen LogP contribution in [-0.4, -0.2) is 0 Å². The van der Waals surface area contributed by atoms with Crippen LogP contribution in [0.3, 0.4) is 0 Å². The van der Waals surface area contributed by atoms with Crippen molar-refractivity contribution in [3.63, 3.8) is 0 Å². The number of rotatable bonds is 3. The fourth-order valence-electron chi connectivity index (χ4n) is 1.94. The monoisotopic (exact) mass is 344 g/mol. The molecular formula is C14H12BrF3N2. The normalized spacial score (nSPS) is 13.2. The Kier molecular flexibility index (Phi) is 4.47. The Bertz CT molecular complexity index is 582. The summed E-state index contributed by atoms with van der Waals surface area (Å²) in [4.78, 5) is 0. The maximum atomic E-state index is 12.5. The molecule has 2 aromatic rings. The summed E-state index contributed by atoms with van der Waals surface area (Å²) in [6.45, 7) is 0. The first-order valence-electron chi connectivity index (χ1n) is 5.80. The summed E-state index contributed by atoms with van der Waals surface area (Å²) in [6.07, 6.45) is -4.33. The third kappa shape index (κ3) is 3.39. The van der Waals surface area contributed by atoms with Crippen molar-refractivity contribution in [3.05, 3.63) is 69.7 Å². The van der Waals surface area contributed by atoms with Gasteiger partial charge in [-0.3, -0.25) is 5.84 Å². The van der Waals surface area contributed by atoms with Gasteiger partial charge >= 0.3 is 6.18 Å². The molecule has 106 valence electrons. The second-order valence-corrected chi connectivity index (χ2v) is 5.19. The van der Waals surface area contributed by atoms with Crippen molar-refractivity contribution in [1.29, 1.82) is 0 Å². The number of hydrogen-bond acceptors (Lipinski definition) is 2. The van der Waals surface area contributed by atoms with Crippen molar-refractivity contribution < 1.29 is 13.2 Å². The van der Waals surface area contributed by atoms with E-state index in [0.717, 1.165) is 22.2 Å². The summed E-state index contributed by atoms with van der Waals surface area (Å²) in [6, 6.07) is 12.0. The Morgan fingerprint density at radius 3 is 2.15 bits per heavy atom. The highest BCUT2D eigenvalue weighted by Crippen LogP contribution is 2.31. The standard InChI is InChI=1S/C14H12BrF3N2/c15-12-3-1-2-10(8-12)13(20-19)9-4-6-11(7-5-9)14(16,17)18/h1-8,13,20H,19H2. The summed E-state index contributed by atoms with van der Waals surface area (Å²) in [5.74, 6) is 5.52. The number of benzene rings is 2. The lowest BCUT2D eigenvalue weighted by Gasteiger charge is -2.18. The average molecular weight is 345 g/mol. The number of halogens is 4. The molecule has 0 fully saturated rings. The summed E-state index contributed by atoms with van der Waals surface area (Å²) in [5, 5.41) is 0. The van der Waals surface area contributed by atoms with Crippen LogP contribution in [0.25, 0.3) is 0 Å². The average Bonchev–Trinajstić information content (AvgIpc) is 2.39. The van der Waals surface area contributed by atoms with E-state index in [4.69, 9.17) is 5.84 Å². The maximum Gasteiger partial charge on any atom is 0.416 e. The van der Waals surface area contributed by atoms with E-state index >= 15 is 0 Å². The minimum atomic E-state index is -4.33. The summed E-state index contributed by atoms with van der Waals surface area (Å²) in [5.41, 5.74) is 3.47. The molecule has 2 aromatic carbocycles. The van der Waals surface area contributed by atoms with Gasteiger partial charge in [-0.1, -0.05) is 40.2 Å². The number of hydrogen-bond donors (Lipinski definition) is 2. The first-order valence-corrected chi connectivity index (χ1v) is 6.60. The van der Waals surface area contributed by atoms with E-state index in [1.807, 2.05) is 24.3 Å². The van der Waals surface area contributed by atoms with Crippen LogP contribution in [-0.2, 0) is 6.18 Å². The largest absolute Gasteiger partial charge is 0.416 e. The summed E-state index contributed by atoms with van der Waals surface area (Å²) >= 11 is 3.35. The quantitative estimate of drug-likeness (QED) is 0.651. The van der Waals surface area contributed by atoms with Crippen LogP contribution in [0.15, 0.2) is 53.0 Å². The van der Waals surface area contributed by atoms with Crippen LogP contribution >= 0.6 is 15.9 Å². The van der Waals surface area contributed by atoms with Crippen molar-refractivity contribution in [1.82, 2.24) is 5.43 Å². The lowest BCUT2D eigenvalue weighted by molar-refractivity contribution is -0.137. The Morgan fingerprint density at radius 1 is 1.00 bits per heavy atom. The molecule has 20 heavy (non-hydrogen) atoms. The SMILES string of the molecule is NNC(c1ccc(C(F)(F)F)cc1)c1cccc(Br)c1. The fraction of sp³-hybridized carbons (Fsp3) is 0.143. The highest BCUT2D eigenvalue weighted by atomic mass is 79.9. The Labute approximate surface area is 122 Å². The van der Waals surface area contributed by atoms with Crippen molar-refractivity contribution in [2.24, 2.45) is 5.84 Å². The summed E-state index contributed by atoms with van der Waals surface area (Å²) in [7, 11) is 0. The van der Waals surface area contributed by atoms with Gasteiger partial charge in [0.15, 0.2) is 0 Å². The first kappa shape index (κ1) is 15.0. The minimum absolute atomic E-state index is 0.366. The van der Waals surface area contributed by atoms with E-state index in [9.17, 15) is 13.2 Å². The summed E-state index contributed by atoms with van der Waals surface area (Å²) < 4.78 is 38.5. The fourth-order valence-corrected chi connectivity index (χ4v) is 2.35. The Morgan fingerprint density at radius 2 is 1.65 bits per heavy atom. The van der Waals surface area contributed by atoms with Gasteiger partial charge in [0.25, 0.3) is 0 Å². The van der Waals surface area contributed by atoms with Crippen LogP contribution < -0.4 is 11.3 Å². The van der Waals surface area contributed by atoms with E-state index in [0.29, 0.717) is 5.56 Å². The Balaban J connectivity index is 2.33. The molecule has 2 nitrogen and oxygen atoms in total. The third-order valence-corrected chi connectivity index (χ3v) is 3.41. The predicted molar refractivity (Wildman–Crippen MR) is 74.8 cm³/mol. The van der Waals surface area contributed by atoms with Crippen molar-refractivity contribution >= 4 is 15.9 Å². The zero-order valence-electron chi connectivity index (χ0n) is 10.3. The first-order chi connectivity index (χ1) is 9.41. The van der Waals surface area contributed by atoms with Gasteiger partial charge in [0.05, 0.1) is 11.6 Å². The molecule has 0 bridgehead atoms. The lowest BCUT2D eigenvalue weighted by Crippen LogP contribution is -2.28. The number of hydrazine groups is 1. The van der Waals surface area contributed by atoms with Gasteiger partial charge in [-0.25, -0.2) is 5.43 Å². The zero-order chi connectivity index (χ0) is 14.8. The van der Waals surface area contributed by atoms with Crippen molar-refractivity contribution in [2.75, 3.05) is 0 Å². The van der Waals surface area contributed by atoms with E-state index in [1.54, 1.807) is 0 Å². The van der Waals surface area contributed by atoms with Crippen LogP contribution in [0, 0.1) is 0 Å². The molecule has 6 heteroatoms. The number of nitrogens with one attached hydrogen (secondary N) is 1. The lowest BCUT2D eigenvalue weighted by atomic mass is 9.98. The van der Waals surface area contributed by atoms with E-state index < -0.39 is 11.7 Å². The minimum Gasteiger partial charge on any atom is -0.271 e. The molecule has 0 saturated carbocycles. The molecule has 0 spiro atoms. The van der Waals surface area contributed by atoms with E-state index in [2.05, 4.69) is 21.4 Å². The van der Waals surface area contributed by atoms with Crippen LogP contribution in [0.5, 0.6) is 0 Å². The van der Waals surface area contributed by atoms with Gasteiger partial charge in [-0.15, -0.1) is 0 Å². The molecule has 0 saturated heterocycles. The van der Waals surface area contributed by atoms with Gasteiger partial charge in [0, 0.05) is 4.47 Å². The Hall–Kier alpha value is -1.37. The van der Waals surface area contributed by atoms with Crippen molar-refractivity contribution in [2.45, 2.75) is 12.2 Å². The van der Waals surface area contributed by atoms with Gasteiger partial charge < -0.3 is 0 Å². The molecule has 1 atom stereocenters. The van der Waals surface area contributed by atoms with Gasteiger partial charge in [-0.2, -0.15) is 13.2 Å². The van der Waals surface area contributed by atoms with E-state index in [1.165, 1.54) is 12.1 Å². The number of alkyl halides is 3. The van der Waals surface area contributed by atoms with Gasteiger partial charge in [0.1, 0.15) is 0 Å². The predicted octanol–water partition coefficient (Wildman–Crippen LogP) is 4.02. The maximum absolute atomic E-state index is 12.5. The molecule has 3 N–H and O–H groups in total. The smallest absolute Gasteiger partial charge is 0.271 e. The third-order valence-electron chi connectivity index (χ3n) is 2.92. The van der Waals surface area contributed by atoms with E-state index in [-0.39, 0.29) is 6.04 Å². The molecule has 0 heterocycles. The molecule has 0 radical (unpaired) electrons. The second-order valence-electron chi connectivity index (χ2n) is 4.27. The van der Waals surface area contributed by atoms with Crippen molar-refractivity contribution in [3.8, 4) is 0 Å². The highest BCUT2D eigenvalue weighted by molar-refractivity contribution is 9.10. The van der Waals surface area contributed by atoms with Crippen LogP contribution in [0.2, 0.25) is 0 Å². The van der Waals surface area contributed by atoms with Crippen LogP contribution in [0.4, 0.5) is 13.2 Å². The number of nitrogens with two attached hydrogens (primary N) is 1. The topological polar surface area (TPSA) is 38.0 Å². The van der Waals surface area contributed by atoms with Crippen LogP contribution in [0.1, 0.15) is 22.7 Å². The molecule has 0 aliphatic heterocycles.